The molecule has 130 valence electrons. The molecule has 1 aliphatic rings. The Bertz CT molecular complexity index is 575. The van der Waals surface area contributed by atoms with E-state index in [1.807, 2.05) is 12.1 Å². The summed E-state index contributed by atoms with van der Waals surface area (Å²) in [5.41, 5.74) is 1.50. The molecule has 0 radical (unpaired) electrons. The van der Waals surface area contributed by atoms with E-state index in [-0.39, 0.29) is 11.8 Å². The first-order valence-corrected chi connectivity index (χ1v) is 8.59. The number of rotatable bonds is 7. The molecule has 5 nitrogen and oxygen atoms in total. The average Bonchev–Trinajstić information content (AvgIpc) is 3.10. The van der Waals surface area contributed by atoms with Crippen LogP contribution in [0.25, 0.3) is 6.08 Å². The van der Waals surface area contributed by atoms with Crippen LogP contribution in [0.15, 0.2) is 30.3 Å². The Morgan fingerprint density at radius 3 is 2.50 bits per heavy atom. The lowest BCUT2D eigenvalue weighted by Crippen LogP contribution is -2.33. The molecule has 1 aromatic rings. The van der Waals surface area contributed by atoms with Gasteiger partial charge in [-0.15, -0.1) is 0 Å². The molecular weight excluding hydrogens is 302 g/mol. The third kappa shape index (κ3) is 5.81. The van der Waals surface area contributed by atoms with Crippen LogP contribution in [0.4, 0.5) is 0 Å². The first-order valence-electron chi connectivity index (χ1n) is 8.59. The molecule has 1 aromatic carbocycles. The van der Waals surface area contributed by atoms with Crippen molar-refractivity contribution in [3.05, 3.63) is 41.5 Å². The number of hydrogen-bond donors (Lipinski definition) is 2. The van der Waals surface area contributed by atoms with E-state index in [9.17, 15) is 9.59 Å². The fraction of sp³-hybridized carbons (Fsp3) is 0.474. The first kappa shape index (κ1) is 18.2. The Morgan fingerprint density at radius 2 is 1.88 bits per heavy atom. The SMILES string of the molecule is CNC(=O)c1ccc(/C=C/C(=O)NC[C@@H](C)CN2CCCC2)cc1. The molecule has 0 spiro atoms. The summed E-state index contributed by atoms with van der Waals surface area (Å²) >= 11 is 0. The van der Waals surface area contributed by atoms with Gasteiger partial charge in [0.2, 0.25) is 5.91 Å². The van der Waals surface area contributed by atoms with Gasteiger partial charge >= 0.3 is 0 Å². The molecule has 2 N–H and O–H groups in total. The topological polar surface area (TPSA) is 61.4 Å². The van der Waals surface area contributed by atoms with Crippen LogP contribution in [-0.2, 0) is 4.79 Å². The molecule has 24 heavy (non-hydrogen) atoms. The Hall–Kier alpha value is -2.14. The quantitative estimate of drug-likeness (QED) is 0.751. The number of amides is 2. The van der Waals surface area contributed by atoms with Gasteiger partial charge in [-0.2, -0.15) is 0 Å². The van der Waals surface area contributed by atoms with E-state index in [0.29, 0.717) is 18.0 Å². The van der Waals surface area contributed by atoms with Crippen molar-refractivity contribution >= 4 is 17.9 Å². The van der Waals surface area contributed by atoms with Crippen molar-refractivity contribution in [3.8, 4) is 0 Å². The number of likely N-dealkylation sites (tertiary alicyclic amines) is 1. The molecule has 2 rings (SSSR count). The van der Waals surface area contributed by atoms with Crippen LogP contribution in [0, 0.1) is 5.92 Å². The maximum Gasteiger partial charge on any atom is 0.251 e. The van der Waals surface area contributed by atoms with Gasteiger partial charge in [-0.25, -0.2) is 0 Å². The lowest BCUT2D eigenvalue weighted by Gasteiger charge is -2.20. The van der Waals surface area contributed by atoms with Gasteiger partial charge in [-0.05, 0) is 55.6 Å². The van der Waals surface area contributed by atoms with Crippen LogP contribution in [0.1, 0.15) is 35.7 Å². The molecule has 1 fully saturated rings. The van der Waals surface area contributed by atoms with Crippen molar-refractivity contribution in [2.75, 3.05) is 33.2 Å². The summed E-state index contributed by atoms with van der Waals surface area (Å²) in [6, 6.07) is 7.14. The van der Waals surface area contributed by atoms with E-state index in [1.54, 1.807) is 25.3 Å². The molecule has 0 bridgehead atoms. The maximum absolute atomic E-state index is 11.9. The summed E-state index contributed by atoms with van der Waals surface area (Å²) < 4.78 is 0. The standard InChI is InChI=1S/C19H27N3O2/c1-15(14-22-11-3-4-12-22)13-21-18(23)10-7-16-5-8-17(9-6-16)19(24)20-2/h5-10,15H,3-4,11-14H2,1-2H3,(H,20,24)(H,21,23)/b10-7+/t15-/m1/s1. The highest BCUT2D eigenvalue weighted by Crippen LogP contribution is 2.10. The lowest BCUT2D eigenvalue weighted by molar-refractivity contribution is -0.116. The largest absolute Gasteiger partial charge is 0.355 e. The minimum absolute atomic E-state index is 0.0846. The lowest BCUT2D eigenvalue weighted by atomic mass is 10.1. The number of hydrogen-bond acceptors (Lipinski definition) is 3. The van der Waals surface area contributed by atoms with Crippen LogP contribution >= 0.6 is 0 Å². The normalized spacial score (nSPS) is 16.2. The zero-order valence-electron chi connectivity index (χ0n) is 14.5. The predicted molar refractivity (Wildman–Crippen MR) is 96.7 cm³/mol. The Labute approximate surface area is 144 Å². The third-order valence-electron chi connectivity index (χ3n) is 4.22. The van der Waals surface area contributed by atoms with Crippen molar-refractivity contribution in [1.82, 2.24) is 15.5 Å². The van der Waals surface area contributed by atoms with E-state index in [0.717, 1.165) is 12.1 Å². The molecule has 0 aliphatic carbocycles. The smallest absolute Gasteiger partial charge is 0.251 e. The second-order valence-electron chi connectivity index (χ2n) is 6.39. The highest BCUT2D eigenvalue weighted by molar-refractivity contribution is 5.94. The van der Waals surface area contributed by atoms with E-state index >= 15 is 0 Å². The number of benzene rings is 1. The predicted octanol–water partition coefficient (Wildman–Crippen LogP) is 1.91. The van der Waals surface area contributed by atoms with Gasteiger partial charge in [0, 0.05) is 31.8 Å². The number of carbonyl (C=O) groups excluding carboxylic acids is 2. The van der Waals surface area contributed by atoms with Gasteiger partial charge in [0.1, 0.15) is 0 Å². The molecule has 1 saturated heterocycles. The number of nitrogens with zero attached hydrogens (tertiary/aromatic N) is 1. The summed E-state index contributed by atoms with van der Waals surface area (Å²) in [5.74, 6) is 0.251. The van der Waals surface area contributed by atoms with Gasteiger partial charge in [0.15, 0.2) is 0 Å². The first-order chi connectivity index (χ1) is 11.6. The van der Waals surface area contributed by atoms with Crippen molar-refractivity contribution in [2.24, 2.45) is 5.92 Å². The highest BCUT2D eigenvalue weighted by Gasteiger charge is 2.14. The zero-order valence-corrected chi connectivity index (χ0v) is 14.5. The monoisotopic (exact) mass is 329 g/mol. The van der Waals surface area contributed by atoms with Crippen LogP contribution < -0.4 is 10.6 Å². The van der Waals surface area contributed by atoms with Crippen LogP contribution in [-0.4, -0.2) is 49.9 Å². The molecule has 0 saturated carbocycles. The second-order valence-corrected chi connectivity index (χ2v) is 6.39. The highest BCUT2D eigenvalue weighted by atomic mass is 16.2. The summed E-state index contributed by atoms with van der Waals surface area (Å²) in [6.45, 7) is 6.27. The molecule has 1 heterocycles. The van der Waals surface area contributed by atoms with E-state index < -0.39 is 0 Å². The minimum Gasteiger partial charge on any atom is -0.355 e. The zero-order chi connectivity index (χ0) is 17.4. The fourth-order valence-corrected chi connectivity index (χ4v) is 2.87. The van der Waals surface area contributed by atoms with Gasteiger partial charge in [0.05, 0.1) is 0 Å². The van der Waals surface area contributed by atoms with Crippen molar-refractivity contribution in [1.29, 1.82) is 0 Å². The van der Waals surface area contributed by atoms with Gasteiger partial charge < -0.3 is 15.5 Å². The van der Waals surface area contributed by atoms with Crippen LogP contribution in [0.5, 0.6) is 0 Å². The van der Waals surface area contributed by atoms with Crippen molar-refractivity contribution in [3.63, 3.8) is 0 Å². The number of nitrogens with one attached hydrogen (secondary N) is 2. The third-order valence-corrected chi connectivity index (χ3v) is 4.22. The van der Waals surface area contributed by atoms with Crippen LogP contribution in [0.3, 0.4) is 0 Å². The summed E-state index contributed by atoms with van der Waals surface area (Å²) in [4.78, 5) is 25.8. The van der Waals surface area contributed by atoms with E-state index in [1.165, 1.54) is 32.0 Å². The maximum atomic E-state index is 11.9. The summed E-state index contributed by atoms with van der Waals surface area (Å²) in [7, 11) is 1.60. The fourth-order valence-electron chi connectivity index (χ4n) is 2.87. The Balaban J connectivity index is 1.74. The molecule has 5 heteroatoms. The van der Waals surface area contributed by atoms with E-state index in [4.69, 9.17) is 0 Å². The molecule has 1 atom stereocenters. The summed E-state index contributed by atoms with van der Waals surface area (Å²) in [6.07, 6.45) is 5.88. The second kappa shape index (κ2) is 9.23. The van der Waals surface area contributed by atoms with Crippen molar-refractivity contribution < 1.29 is 9.59 Å². The van der Waals surface area contributed by atoms with Gasteiger partial charge in [-0.1, -0.05) is 19.1 Å². The minimum atomic E-state index is -0.115. The van der Waals surface area contributed by atoms with E-state index in [2.05, 4.69) is 22.5 Å². The molecule has 0 aromatic heterocycles. The average molecular weight is 329 g/mol. The number of carbonyl (C=O) groups is 2. The van der Waals surface area contributed by atoms with Gasteiger partial charge in [0.25, 0.3) is 5.91 Å². The van der Waals surface area contributed by atoms with Crippen molar-refractivity contribution in [2.45, 2.75) is 19.8 Å². The van der Waals surface area contributed by atoms with Gasteiger partial charge in [-0.3, -0.25) is 9.59 Å². The summed E-state index contributed by atoms with van der Waals surface area (Å²) in [5, 5.41) is 5.53. The van der Waals surface area contributed by atoms with Crippen LogP contribution in [0.2, 0.25) is 0 Å². The Kier molecular flexibility index (Phi) is 7.00. The molecule has 1 aliphatic heterocycles. The molecule has 0 unspecified atom stereocenters. The Morgan fingerprint density at radius 1 is 1.21 bits per heavy atom. The molecule has 2 amide bonds. The molecular formula is C19H27N3O2.